The third-order valence-electron chi connectivity index (χ3n) is 2.02. The topological polar surface area (TPSA) is 29.1 Å². The highest BCUT2D eigenvalue weighted by atomic mass is 16.5. The van der Waals surface area contributed by atoms with Gasteiger partial charge in [-0.25, -0.2) is 5.11 Å². The van der Waals surface area contributed by atoms with Crippen LogP contribution in [0.3, 0.4) is 0 Å². The average Bonchev–Trinajstić information content (AvgIpc) is 2.10. The van der Waals surface area contributed by atoms with Gasteiger partial charge in [-0.3, -0.25) is 0 Å². The van der Waals surface area contributed by atoms with Gasteiger partial charge in [-0.1, -0.05) is 19.8 Å². The molecule has 1 unspecified atom stereocenters. The monoisotopic (exact) mass is 173 g/mol. The summed E-state index contributed by atoms with van der Waals surface area (Å²) >= 11 is 0. The molecule has 0 aromatic carbocycles. The Kier molecular flexibility index (Phi) is 8.95. The molecule has 0 aliphatic rings. The first-order chi connectivity index (χ1) is 5.81. The Hall–Kier alpha value is -0.0800. The van der Waals surface area contributed by atoms with Crippen LogP contribution < -0.4 is 0 Å². The number of ether oxygens (including phenoxy) is 1. The summed E-state index contributed by atoms with van der Waals surface area (Å²) in [5.74, 6) is 0. The number of unbranched alkanes of at least 4 members (excludes halogenated alkanes) is 3. The first-order valence-electron chi connectivity index (χ1n) is 5.01. The molecule has 0 aromatic rings. The number of rotatable bonds is 8. The van der Waals surface area contributed by atoms with Crippen LogP contribution >= 0.6 is 0 Å². The average molecular weight is 173 g/mol. The van der Waals surface area contributed by atoms with Crippen molar-refractivity contribution in [2.45, 2.75) is 52.1 Å². The second-order valence-electron chi connectivity index (χ2n) is 3.21. The molecule has 0 bridgehead atoms. The lowest BCUT2D eigenvalue weighted by molar-refractivity contribution is 0.0604. The van der Waals surface area contributed by atoms with Crippen molar-refractivity contribution in [1.29, 1.82) is 0 Å². The molecular formula is C10H21O2. The van der Waals surface area contributed by atoms with E-state index in [4.69, 9.17) is 4.74 Å². The Morgan fingerprint density at radius 1 is 1.17 bits per heavy atom. The molecule has 12 heavy (non-hydrogen) atoms. The van der Waals surface area contributed by atoms with Crippen molar-refractivity contribution in [3.05, 3.63) is 0 Å². The minimum Gasteiger partial charge on any atom is -0.379 e. The van der Waals surface area contributed by atoms with Gasteiger partial charge < -0.3 is 4.74 Å². The van der Waals surface area contributed by atoms with Crippen molar-refractivity contribution >= 4 is 0 Å². The zero-order valence-corrected chi connectivity index (χ0v) is 8.34. The van der Waals surface area contributed by atoms with Crippen LogP contribution in [0.15, 0.2) is 0 Å². The van der Waals surface area contributed by atoms with E-state index < -0.39 is 0 Å². The summed E-state index contributed by atoms with van der Waals surface area (Å²) in [6.07, 6.45) is 5.60. The molecule has 1 atom stereocenters. The molecule has 0 rings (SSSR count). The normalized spacial score (nSPS) is 13.2. The summed E-state index contributed by atoms with van der Waals surface area (Å²) in [4.78, 5) is 0. The Labute approximate surface area is 75.9 Å². The van der Waals surface area contributed by atoms with Gasteiger partial charge in [0.15, 0.2) is 0 Å². The standard InChI is InChI=1S/C10H21O2/c1-3-10(2)12-9-7-5-4-6-8-11/h10H,3-9H2,1-2H3. The molecule has 0 saturated carbocycles. The molecule has 2 nitrogen and oxygen atoms in total. The predicted octanol–water partition coefficient (Wildman–Crippen LogP) is 2.79. The third-order valence-corrected chi connectivity index (χ3v) is 2.02. The summed E-state index contributed by atoms with van der Waals surface area (Å²) in [6.45, 7) is 5.15. The van der Waals surface area contributed by atoms with Crippen LogP contribution in [0.5, 0.6) is 0 Å². The summed E-state index contributed by atoms with van der Waals surface area (Å²) in [5.41, 5.74) is 0. The quantitative estimate of drug-likeness (QED) is 0.519. The van der Waals surface area contributed by atoms with E-state index in [9.17, 15) is 5.11 Å². The van der Waals surface area contributed by atoms with Crippen LogP contribution in [0.25, 0.3) is 0 Å². The van der Waals surface area contributed by atoms with Crippen molar-refractivity contribution in [1.82, 2.24) is 0 Å². The van der Waals surface area contributed by atoms with Crippen molar-refractivity contribution in [3.8, 4) is 0 Å². The lowest BCUT2D eigenvalue weighted by Crippen LogP contribution is -2.07. The smallest absolute Gasteiger partial charge is 0.0822 e. The SMILES string of the molecule is CCC(C)OCCCCCC[O]. The van der Waals surface area contributed by atoms with Gasteiger partial charge in [0.2, 0.25) is 0 Å². The van der Waals surface area contributed by atoms with Gasteiger partial charge >= 0.3 is 0 Å². The van der Waals surface area contributed by atoms with E-state index in [-0.39, 0.29) is 6.61 Å². The highest BCUT2D eigenvalue weighted by molar-refractivity contribution is 4.46. The van der Waals surface area contributed by atoms with Crippen LogP contribution in [0.2, 0.25) is 0 Å². The van der Waals surface area contributed by atoms with Gasteiger partial charge in [0.25, 0.3) is 0 Å². The third kappa shape index (κ3) is 8.02. The highest BCUT2D eigenvalue weighted by Crippen LogP contribution is 2.02. The van der Waals surface area contributed by atoms with Crippen LogP contribution in [0.1, 0.15) is 46.0 Å². The van der Waals surface area contributed by atoms with E-state index in [1.54, 1.807) is 0 Å². The van der Waals surface area contributed by atoms with E-state index in [2.05, 4.69) is 13.8 Å². The molecule has 2 heteroatoms. The lowest BCUT2D eigenvalue weighted by atomic mass is 10.2. The second-order valence-corrected chi connectivity index (χ2v) is 3.21. The molecule has 0 amide bonds. The van der Waals surface area contributed by atoms with Crippen molar-refractivity contribution < 1.29 is 9.84 Å². The Morgan fingerprint density at radius 2 is 1.83 bits per heavy atom. The Balaban J connectivity index is 2.90. The second kappa shape index (κ2) is 9.01. The van der Waals surface area contributed by atoms with Gasteiger partial charge in [0, 0.05) is 6.61 Å². The van der Waals surface area contributed by atoms with Crippen LogP contribution in [0.4, 0.5) is 0 Å². The van der Waals surface area contributed by atoms with Crippen molar-refractivity contribution in [2.75, 3.05) is 13.2 Å². The zero-order chi connectivity index (χ0) is 9.23. The van der Waals surface area contributed by atoms with Gasteiger partial charge in [-0.2, -0.15) is 0 Å². The molecule has 0 saturated heterocycles. The molecule has 0 heterocycles. The Bertz CT molecular complexity index is 83.9. The molecule has 1 radical (unpaired) electrons. The van der Waals surface area contributed by atoms with Gasteiger partial charge in [0.1, 0.15) is 0 Å². The van der Waals surface area contributed by atoms with Crippen molar-refractivity contribution in [3.63, 3.8) is 0 Å². The maximum absolute atomic E-state index is 10.1. The molecule has 0 aromatic heterocycles. The maximum atomic E-state index is 10.1. The molecule has 0 N–H and O–H groups in total. The van der Waals surface area contributed by atoms with Crippen LogP contribution in [-0.4, -0.2) is 19.3 Å². The molecule has 73 valence electrons. The predicted molar refractivity (Wildman–Crippen MR) is 49.7 cm³/mol. The molecule has 0 aliphatic heterocycles. The van der Waals surface area contributed by atoms with E-state index >= 15 is 0 Å². The maximum Gasteiger partial charge on any atom is 0.0822 e. The van der Waals surface area contributed by atoms with Gasteiger partial charge in [-0.15, -0.1) is 0 Å². The van der Waals surface area contributed by atoms with E-state index in [1.807, 2.05) is 0 Å². The fourth-order valence-corrected chi connectivity index (χ4v) is 0.960. The number of hydrogen-bond acceptors (Lipinski definition) is 1. The van der Waals surface area contributed by atoms with Gasteiger partial charge in [0.05, 0.1) is 12.7 Å². The zero-order valence-electron chi connectivity index (χ0n) is 8.34. The summed E-state index contributed by atoms with van der Waals surface area (Å²) < 4.78 is 5.49. The summed E-state index contributed by atoms with van der Waals surface area (Å²) in [5, 5.41) is 10.1. The fourth-order valence-electron chi connectivity index (χ4n) is 0.960. The van der Waals surface area contributed by atoms with E-state index in [1.165, 1.54) is 0 Å². The lowest BCUT2D eigenvalue weighted by Gasteiger charge is -2.09. The molecule has 0 spiro atoms. The summed E-state index contributed by atoms with van der Waals surface area (Å²) in [7, 11) is 0. The first-order valence-corrected chi connectivity index (χ1v) is 5.01. The van der Waals surface area contributed by atoms with Crippen LogP contribution in [0, 0.1) is 0 Å². The first kappa shape index (κ1) is 11.9. The van der Waals surface area contributed by atoms with E-state index in [0.29, 0.717) is 6.10 Å². The number of hydrogen-bond donors (Lipinski definition) is 0. The molecule has 0 fully saturated rings. The summed E-state index contributed by atoms with van der Waals surface area (Å²) in [6, 6.07) is 0. The largest absolute Gasteiger partial charge is 0.379 e. The fraction of sp³-hybridized carbons (Fsp3) is 1.00. The Morgan fingerprint density at radius 3 is 2.42 bits per heavy atom. The minimum atomic E-state index is 0.0756. The molecular weight excluding hydrogens is 152 g/mol. The minimum absolute atomic E-state index is 0.0756. The van der Waals surface area contributed by atoms with Crippen molar-refractivity contribution in [2.24, 2.45) is 0 Å². The highest BCUT2D eigenvalue weighted by Gasteiger charge is 1.96. The van der Waals surface area contributed by atoms with Crippen LogP contribution in [-0.2, 0) is 9.84 Å². The van der Waals surface area contributed by atoms with E-state index in [0.717, 1.165) is 38.7 Å². The van der Waals surface area contributed by atoms with Gasteiger partial charge in [-0.05, 0) is 26.2 Å². The molecule has 0 aliphatic carbocycles.